The van der Waals surface area contributed by atoms with Crippen LogP contribution in [0.25, 0.3) is 11.5 Å². The zero-order valence-corrected chi connectivity index (χ0v) is 13.5. The number of hydrogen-bond donors (Lipinski definition) is 0. The normalized spacial score (nSPS) is 11.1. The Kier molecular flexibility index (Phi) is 4.40. The molecule has 0 saturated carbocycles. The lowest BCUT2D eigenvalue weighted by atomic mass is 10.3. The molecule has 0 amide bonds. The van der Waals surface area contributed by atoms with Gasteiger partial charge in [0.15, 0.2) is 0 Å². The van der Waals surface area contributed by atoms with Crippen molar-refractivity contribution in [2.75, 3.05) is 0 Å². The summed E-state index contributed by atoms with van der Waals surface area (Å²) in [7, 11) is 0. The van der Waals surface area contributed by atoms with Crippen LogP contribution in [0.3, 0.4) is 0 Å². The van der Waals surface area contributed by atoms with Gasteiger partial charge in [-0.1, -0.05) is 18.7 Å². The van der Waals surface area contributed by atoms with E-state index in [9.17, 15) is 0 Å². The molecule has 0 fully saturated rings. The summed E-state index contributed by atoms with van der Waals surface area (Å²) in [5.74, 6) is 2.01. The van der Waals surface area contributed by atoms with Crippen LogP contribution in [0.5, 0.6) is 0 Å². The van der Waals surface area contributed by atoms with E-state index < -0.39 is 0 Å². The van der Waals surface area contributed by atoms with Crippen molar-refractivity contribution < 1.29 is 8.83 Å². The molecular formula is C14H15N3O2S2. The number of rotatable bonds is 6. The van der Waals surface area contributed by atoms with Gasteiger partial charge in [0.1, 0.15) is 5.76 Å². The summed E-state index contributed by atoms with van der Waals surface area (Å²) < 4.78 is 10.9. The zero-order chi connectivity index (χ0) is 14.7. The number of thioether (sulfide) groups is 1. The molecule has 3 rings (SSSR count). The van der Waals surface area contributed by atoms with Crippen molar-refractivity contribution in [3.63, 3.8) is 0 Å². The number of nitrogens with zero attached hydrogens (tertiary/aromatic N) is 3. The van der Waals surface area contributed by atoms with Gasteiger partial charge in [-0.3, -0.25) is 0 Å². The van der Waals surface area contributed by atoms with Crippen molar-refractivity contribution in [2.24, 2.45) is 0 Å². The van der Waals surface area contributed by atoms with Crippen molar-refractivity contribution in [3.8, 4) is 11.5 Å². The van der Waals surface area contributed by atoms with Gasteiger partial charge < -0.3 is 8.83 Å². The average molecular weight is 321 g/mol. The minimum absolute atomic E-state index is 0.494. The first kappa shape index (κ1) is 14.3. The van der Waals surface area contributed by atoms with Crippen LogP contribution < -0.4 is 0 Å². The standard InChI is InChI=1S/C14H15N3O2S2/c1-3-4-12-15-10(7-20-12)8-21-14-17-16-13(19-14)11-5-6-18-9(11)2/h5-7H,3-4,8H2,1-2H3. The second kappa shape index (κ2) is 6.44. The summed E-state index contributed by atoms with van der Waals surface area (Å²) in [4.78, 5) is 4.58. The van der Waals surface area contributed by atoms with Gasteiger partial charge in [-0.05, 0) is 25.8 Å². The lowest BCUT2D eigenvalue weighted by Crippen LogP contribution is -1.84. The molecule has 0 saturated heterocycles. The van der Waals surface area contributed by atoms with Crippen LogP contribution in [0.15, 0.2) is 31.8 Å². The lowest BCUT2D eigenvalue weighted by molar-refractivity contribution is 0.463. The van der Waals surface area contributed by atoms with E-state index >= 15 is 0 Å². The predicted molar refractivity (Wildman–Crippen MR) is 82.4 cm³/mol. The van der Waals surface area contributed by atoms with Gasteiger partial charge in [0, 0.05) is 11.1 Å². The van der Waals surface area contributed by atoms with E-state index in [1.54, 1.807) is 17.6 Å². The van der Waals surface area contributed by atoms with Gasteiger partial charge >= 0.3 is 0 Å². The topological polar surface area (TPSA) is 65.0 Å². The maximum atomic E-state index is 5.64. The van der Waals surface area contributed by atoms with Gasteiger partial charge in [-0.2, -0.15) is 0 Å². The molecule has 3 aromatic heterocycles. The first-order valence-corrected chi connectivity index (χ1v) is 8.57. The van der Waals surface area contributed by atoms with Gasteiger partial charge in [-0.15, -0.1) is 21.5 Å². The fourth-order valence-electron chi connectivity index (χ4n) is 1.86. The van der Waals surface area contributed by atoms with E-state index in [4.69, 9.17) is 8.83 Å². The molecule has 0 spiro atoms. The molecule has 0 radical (unpaired) electrons. The highest BCUT2D eigenvalue weighted by Gasteiger charge is 2.13. The summed E-state index contributed by atoms with van der Waals surface area (Å²) in [5.41, 5.74) is 1.90. The first-order chi connectivity index (χ1) is 10.3. The molecule has 0 atom stereocenters. The Balaban J connectivity index is 1.63. The number of aryl methyl sites for hydroxylation is 2. The maximum Gasteiger partial charge on any atom is 0.277 e. The third-order valence-electron chi connectivity index (χ3n) is 2.90. The van der Waals surface area contributed by atoms with Gasteiger partial charge in [0.25, 0.3) is 11.1 Å². The predicted octanol–water partition coefficient (Wildman–Crippen LogP) is 4.34. The van der Waals surface area contributed by atoms with E-state index in [2.05, 4.69) is 27.5 Å². The summed E-state index contributed by atoms with van der Waals surface area (Å²) in [5, 5.41) is 11.9. The van der Waals surface area contributed by atoms with E-state index in [0.29, 0.717) is 11.1 Å². The van der Waals surface area contributed by atoms with E-state index in [0.717, 1.165) is 35.6 Å². The van der Waals surface area contributed by atoms with Crippen molar-refractivity contribution in [3.05, 3.63) is 34.2 Å². The third-order valence-corrected chi connectivity index (χ3v) is 4.71. The highest BCUT2D eigenvalue weighted by Crippen LogP contribution is 2.28. The molecule has 0 aliphatic heterocycles. The molecule has 7 heteroatoms. The molecule has 0 aromatic carbocycles. The molecule has 0 aliphatic rings. The molecule has 5 nitrogen and oxygen atoms in total. The van der Waals surface area contributed by atoms with Gasteiger partial charge in [0.05, 0.1) is 22.5 Å². The minimum atomic E-state index is 0.494. The molecule has 0 unspecified atom stereocenters. The van der Waals surface area contributed by atoms with Crippen molar-refractivity contribution in [1.82, 2.24) is 15.2 Å². The summed E-state index contributed by atoms with van der Waals surface area (Å²) in [6.45, 7) is 4.03. The summed E-state index contributed by atoms with van der Waals surface area (Å²) in [6.07, 6.45) is 3.78. The molecule has 0 bridgehead atoms. The quantitative estimate of drug-likeness (QED) is 0.629. The Morgan fingerprint density at radius 1 is 1.33 bits per heavy atom. The highest BCUT2D eigenvalue weighted by atomic mass is 32.2. The fourth-order valence-corrected chi connectivity index (χ4v) is 3.52. The molecule has 0 aliphatic carbocycles. The van der Waals surface area contributed by atoms with Crippen LogP contribution >= 0.6 is 23.1 Å². The Hall–Kier alpha value is -1.60. The zero-order valence-electron chi connectivity index (χ0n) is 11.8. The first-order valence-electron chi connectivity index (χ1n) is 6.70. The number of furan rings is 1. The van der Waals surface area contributed by atoms with Crippen LogP contribution in [0.1, 0.15) is 29.8 Å². The van der Waals surface area contributed by atoms with Crippen LogP contribution in [-0.4, -0.2) is 15.2 Å². The van der Waals surface area contributed by atoms with Crippen molar-refractivity contribution in [2.45, 2.75) is 37.7 Å². The Morgan fingerprint density at radius 2 is 2.24 bits per heavy atom. The molecule has 0 N–H and O–H groups in total. The Morgan fingerprint density at radius 3 is 3.00 bits per heavy atom. The largest absolute Gasteiger partial charge is 0.469 e. The second-order valence-electron chi connectivity index (χ2n) is 4.53. The number of thiazole rings is 1. The monoisotopic (exact) mass is 321 g/mol. The molecule has 21 heavy (non-hydrogen) atoms. The molecule has 3 aromatic rings. The van der Waals surface area contributed by atoms with E-state index in [-0.39, 0.29) is 0 Å². The minimum Gasteiger partial charge on any atom is -0.469 e. The number of hydrogen-bond acceptors (Lipinski definition) is 7. The van der Waals surface area contributed by atoms with Gasteiger partial charge in [-0.25, -0.2) is 4.98 Å². The molecule has 3 heterocycles. The average Bonchev–Trinajstić information content (AvgIpc) is 3.17. The smallest absolute Gasteiger partial charge is 0.277 e. The third kappa shape index (κ3) is 3.36. The van der Waals surface area contributed by atoms with Crippen LogP contribution in [0.4, 0.5) is 0 Å². The van der Waals surface area contributed by atoms with Crippen molar-refractivity contribution >= 4 is 23.1 Å². The molecule has 110 valence electrons. The van der Waals surface area contributed by atoms with Crippen molar-refractivity contribution in [1.29, 1.82) is 0 Å². The Labute approximate surface area is 130 Å². The lowest BCUT2D eigenvalue weighted by Gasteiger charge is -1.93. The molecular weight excluding hydrogens is 306 g/mol. The highest BCUT2D eigenvalue weighted by molar-refractivity contribution is 7.98. The Bertz CT molecular complexity index is 717. The number of aromatic nitrogens is 3. The van der Waals surface area contributed by atoms with Crippen LogP contribution in [-0.2, 0) is 12.2 Å². The fraction of sp³-hybridized carbons (Fsp3) is 0.357. The van der Waals surface area contributed by atoms with Crippen LogP contribution in [0, 0.1) is 6.92 Å². The van der Waals surface area contributed by atoms with E-state index in [1.807, 2.05) is 13.0 Å². The maximum absolute atomic E-state index is 5.64. The SMILES string of the molecule is CCCc1nc(CSc2nnc(-c3ccoc3C)o2)cs1. The second-order valence-corrected chi connectivity index (χ2v) is 6.40. The summed E-state index contributed by atoms with van der Waals surface area (Å²) in [6, 6.07) is 1.83. The van der Waals surface area contributed by atoms with Crippen LogP contribution in [0.2, 0.25) is 0 Å². The summed E-state index contributed by atoms with van der Waals surface area (Å²) >= 11 is 3.21. The van der Waals surface area contributed by atoms with Gasteiger partial charge in [0.2, 0.25) is 0 Å². The van der Waals surface area contributed by atoms with E-state index in [1.165, 1.54) is 16.8 Å².